The van der Waals surface area contributed by atoms with Gasteiger partial charge in [0, 0.05) is 45.6 Å². The summed E-state index contributed by atoms with van der Waals surface area (Å²) in [7, 11) is 1.77. The predicted octanol–water partition coefficient (Wildman–Crippen LogP) is 0.445. The van der Waals surface area contributed by atoms with Crippen LogP contribution in [-0.2, 0) is 7.05 Å². The van der Waals surface area contributed by atoms with E-state index in [-0.39, 0.29) is 5.82 Å². The lowest BCUT2D eigenvalue weighted by atomic mass is 10.3. The highest BCUT2D eigenvalue weighted by molar-refractivity contribution is 5.56. The Morgan fingerprint density at radius 2 is 1.86 bits per heavy atom. The van der Waals surface area contributed by atoms with Gasteiger partial charge >= 0.3 is 5.82 Å². The zero-order valence-electron chi connectivity index (χ0n) is 11.6. The van der Waals surface area contributed by atoms with Crippen molar-refractivity contribution < 1.29 is 4.92 Å². The molecule has 9 nitrogen and oxygen atoms in total. The Labute approximate surface area is 121 Å². The fraction of sp³-hybridized carbons (Fsp3) is 0.417. The quantitative estimate of drug-likeness (QED) is 0.598. The number of imidazole rings is 1. The van der Waals surface area contributed by atoms with Crippen LogP contribution in [0.1, 0.15) is 0 Å². The highest BCUT2D eigenvalue weighted by Gasteiger charge is 2.28. The average Bonchev–Trinajstić information content (AvgIpc) is 2.90. The van der Waals surface area contributed by atoms with Crippen molar-refractivity contribution in [2.45, 2.75) is 0 Å². The molecule has 2 aromatic rings. The summed E-state index contributed by atoms with van der Waals surface area (Å²) in [6.07, 6.45) is 6.50. The van der Waals surface area contributed by atoms with Crippen molar-refractivity contribution >= 4 is 17.5 Å². The summed E-state index contributed by atoms with van der Waals surface area (Å²) in [6, 6.07) is 0. The lowest BCUT2D eigenvalue weighted by Crippen LogP contribution is -2.47. The largest absolute Gasteiger partial charge is 0.406 e. The van der Waals surface area contributed by atoms with E-state index in [1.54, 1.807) is 30.2 Å². The Bertz CT molecular complexity index is 634. The number of hydrogen-bond donors (Lipinski definition) is 0. The van der Waals surface area contributed by atoms with Crippen LogP contribution in [0.2, 0.25) is 0 Å². The number of hydrogen-bond acceptors (Lipinski definition) is 7. The second-order valence-electron chi connectivity index (χ2n) is 4.80. The molecule has 0 amide bonds. The number of aryl methyl sites for hydroxylation is 1. The molecule has 21 heavy (non-hydrogen) atoms. The molecule has 1 aliphatic heterocycles. The van der Waals surface area contributed by atoms with Crippen molar-refractivity contribution in [3.63, 3.8) is 0 Å². The van der Waals surface area contributed by atoms with Gasteiger partial charge in [-0.25, -0.2) is 4.98 Å². The number of anilines is 2. The summed E-state index contributed by atoms with van der Waals surface area (Å²) in [5.74, 6) is 1.29. The van der Waals surface area contributed by atoms with Crippen molar-refractivity contribution in [3.05, 3.63) is 35.0 Å². The Balaban J connectivity index is 1.75. The Morgan fingerprint density at radius 3 is 2.48 bits per heavy atom. The van der Waals surface area contributed by atoms with Crippen LogP contribution >= 0.6 is 0 Å². The van der Waals surface area contributed by atoms with Gasteiger partial charge in [0.1, 0.15) is 5.82 Å². The fourth-order valence-electron chi connectivity index (χ4n) is 2.51. The molecule has 0 spiro atoms. The molecule has 9 heteroatoms. The van der Waals surface area contributed by atoms with Gasteiger partial charge in [-0.3, -0.25) is 9.55 Å². The molecule has 0 unspecified atom stereocenters. The Kier molecular flexibility index (Phi) is 3.38. The van der Waals surface area contributed by atoms with E-state index in [0.29, 0.717) is 18.9 Å². The first-order chi connectivity index (χ1) is 10.2. The lowest BCUT2D eigenvalue weighted by molar-refractivity contribution is -0.388. The molecule has 0 aliphatic carbocycles. The van der Waals surface area contributed by atoms with E-state index in [1.165, 1.54) is 6.33 Å². The molecule has 0 aromatic carbocycles. The van der Waals surface area contributed by atoms with E-state index < -0.39 is 4.92 Å². The summed E-state index contributed by atoms with van der Waals surface area (Å²) in [4.78, 5) is 26.9. The van der Waals surface area contributed by atoms with Gasteiger partial charge in [-0.05, 0) is 9.91 Å². The number of aromatic nitrogens is 4. The molecule has 1 aliphatic rings. The average molecular weight is 289 g/mol. The third kappa shape index (κ3) is 2.49. The van der Waals surface area contributed by atoms with Gasteiger partial charge in [0.05, 0.1) is 6.20 Å². The highest BCUT2D eigenvalue weighted by atomic mass is 16.6. The van der Waals surface area contributed by atoms with Crippen LogP contribution in [0.25, 0.3) is 0 Å². The van der Waals surface area contributed by atoms with Crippen molar-refractivity contribution in [3.8, 4) is 0 Å². The summed E-state index contributed by atoms with van der Waals surface area (Å²) < 4.78 is 1.69. The number of piperazine rings is 1. The van der Waals surface area contributed by atoms with Gasteiger partial charge in [-0.2, -0.15) is 0 Å². The molecule has 0 N–H and O–H groups in total. The second-order valence-corrected chi connectivity index (χ2v) is 4.80. The molecule has 1 saturated heterocycles. The number of rotatable bonds is 3. The van der Waals surface area contributed by atoms with Crippen LogP contribution in [0.4, 0.5) is 17.5 Å². The van der Waals surface area contributed by atoms with E-state index >= 15 is 0 Å². The molecular weight excluding hydrogens is 274 g/mol. The van der Waals surface area contributed by atoms with Crippen LogP contribution in [0.3, 0.4) is 0 Å². The van der Waals surface area contributed by atoms with E-state index in [2.05, 4.69) is 19.9 Å². The zero-order valence-corrected chi connectivity index (χ0v) is 11.6. The van der Waals surface area contributed by atoms with Crippen LogP contribution in [0.5, 0.6) is 0 Å². The van der Waals surface area contributed by atoms with E-state index in [9.17, 15) is 10.1 Å². The van der Waals surface area contributed by atoms with Gasteiger partial charge < -0.3 is 19.9 Å². The molecular formula is C12H15N7O2. The molecule has 0 radical (unpaired) electrons. The van der Waals surface area contributed by atoms with Gasteiger partial charge in [-0.15, -0.1) is 0 Å². The smallest absolute Gasteiger partial charge is 0.358 e. The van der Waals surface area contributed by atoms with Crippen molar-refractivity contribution in [1.29, 1.82) is 0 Å². The molecule has 0 atom stereocenters. The van der Waals surface area contributed by atoms with Crippen molar-refractivity contribution in [2.24, 2.45) is 7.05 Å². The molecule has 110 valence electrons. The molecule has 0 saturated carbocycles. The molecule has 2 aromatic heterocycles. The van der Waals surface area contributed by atoms with Gasteiger partial charge in [-0.1, -0.05) is 0 Å². The Hall–Kier alpha value is -2.71. The summed E-state index contributed by atoms with van der Waals surface area (Å²) in [5, 5.41) is 11.0. The topological polar surface area (TPSA) is 93.2 Å². The van der Waals surface area contributed by atoms with E-state index in [1.807, 2.05) is 4.90 Å². The monoisotopic (exact) mass is 289 g/mol. The predicted molar refractivity (Wildman–Crippen MR) is 76.3 cm³/mol. The maximum Gasteiger partial charge on any atom is 0.406 e. The Morgan fingerprint density at radius 1 is 1.14 bits per heavy atom. The normalized spacial score (nSPS) is 15.3. The SMILES string of the molecule is Cn1cnc([N+](=O)[O-])c1N1CCN(c2cnccn2)CC1. The van der Waals surface area contributed by atoms with E-state index in [0.717, 1.165) is 18.9 Å². The molecule has 3 rings (SSSR count). The molecule has 1 fully saturated rings. The minimum atomic E-state index is -0.440. The molecule has 0 bridgehead atoms. The highest BCUT2D eigenvalue weighted by Crippen LogP contribution is 2.27. The summed E-state index contributed by atoms with van der Waals surface area (Å²) >= 11 is 0. The first kappa shape index (κ1) is 13.3. The maximum atomic E-state index is 11.0. The zero-order chi connectivity index (χ0) is 14.8. The van der Waals surface area contributed by atoms with Crippen molar-refractivity contribution in [1.82, 2.24) is 19.5 Å². The summed E-state index contributed by atoms with van der Waals surface area (Å²) in [6.45, 7) is 2.83. The molecule has 3 heterocycles. The van der Waals surface area contributed by atoms with Gasteiger partial charge in [0.15, 0.2) is 0 Å². The minimum Gasteiger partial charge on any atom is -0.358 e. The third-order valence-corrected chi connectivity index (χ3v) is 3.51. The second kappa shape index (κ2) is 5.35. The van der Waals surface area contributed by atoms with Crippen LogP contribution in [-0.4, -0.2) is 50.6 Å². The standard InChI is InChI=1S/C12H15N7O2/c1-16-9-15-11(19(20)21)12(16)18-6-4-17(5-7-18)10-8-13-2-3-14-10/h2-3,8-9H,4-7H2,1H3. The number of nitro groups is 1. The fourth-order valence-corrected chi connectivity index (χ4v) is 2.51. The van der Waals surface area contributed by atoms with Gasteiger partial charge in [0.25, 0.3) is 0 Å². The maximum absolute atomic E-state index is 11.0. The summed E-state index contributed by atoms with van der Waals surface area (Å²) in [5.41, 5.74) is 0. The first-order valence-corrected chi connectivity index (χ1v) is 6.58. The number of nitrogens with zero attached hydrogens (tertiary/aromatic N) is 7. The van der Waals surface area contributed by atoms with E-state index in [4.69, 9.17) is 0 Å². The van der Waals surface area contributed by atoms with Gasteiger partial charge in [0.2, 0.25) is 12.1 Å². The first-order valence-electron chi connectivity index (χ1n) is 6.58. The van der Waals surface area contributed by atoms with Crippen LogP contribution in [0, 0.1) is 10.1 Å². The minimum absolute atomic E-state index is 0.0922. The van der Waals surface area contributed by atoms with Crippen LogP contribution in [0.15, 0.2) is 24.9 Å². The van der Waals surface area contributed by atoms with Crippen molar-refractivity contribution in [2.75, 3.05) is 36.0 Å². The third-order valence-electron chi connectivity index (χ3n) is 3.51. The lowest BCUT2D eigenvalue weighted by Gasteiger charge is -2.35. The van der Waals surface area contributed by atoms with Crippen LogP contribution < -0.4 is 9.80 Å².